The number of anilines is 2. The molecule has 0 bridgehead atoms. The Morgan fingerprint density at radius 1 is 0.923 bits per heavy atom. The van der Waals surface area contributed by atoms with Gasteiger partial charge < -0.3 is 16.0 Å². The van der Waals surface area contributed by atoms with Crippen LogP contribution in [0.15, 0.2) is 60.7 Å². The summed E-state index contributed by atoms with van der Waals surface area (Å²) in [6.45, 7) is 4.84. The number of nitrogens with one attached hydrogen (secondary N) is 3. The number of carbonyl (C=O) groups excluding carboxylic acids is 1. The molecule has 1 saturated heterocycles. The fraction of sp³-hybridized carbons (Fsp3) is 0.350. The Hall–Kier alpha value is -2.24. The molecule has 26 heavy (non-hydrogen) atoms. The Labute approximate surface area is 160 Å². The first-order chi connectivity index (χ1) is 12.8. The summed E-state index contributed by atoms with van der Waals surface area (Å²) in [5.41, 5.74) is 2.26. The van der Waals surface area contributed by atoms with E-state index in [0.29, 0.717) is 12.4 Å². The number of alkyl halides is 1. The van der Waals surface area contributed by atoms with Crippen molar-refractivity contribution < 1.29 is 4.79 Å². The van der Waals surface area contributed by atoms with E-state index < -0.39 is 0 Å². The molecule has 0 radical (unpaired) electrons. The molecule has 1 heterocycles. The van der Waals surface area contributed by atoms with E-state index >= 15 is 0 Å². The Bertz CT molecular complexity index is 624. The van der Waals surface area contributed by atoms with Gasteiger partial charge in [-0.3, -0.25) is 9.69 Å². The molecule has 0 atom stereocenters. The lowest BCUT2D eigenvalue weighted by Crippen LogP contribution is -2.48. The molecule has 2 aromatic carbocycles. The van der Waals surface area contributed by atoms with Gasteiger partial charge in [0.15, 0.2) is 0 Å². The van der Waals surface area contributed by atoms with E-state index in [1.165, 1.54) is 0 Å². The molecule has 0 aliphatic carbocycles. The minimum absolute atomic E-state index is 0.131. The van der Waals surface area contributed by atoms with Crippen LogP contribution in [0.3, 0.4) is 0 Å². The molecule has 3 rings (SSSR count). The van der Waals surface area contributed by atoms with Crippen molar-refractivity contribution in [3.8, 4) is 0 Å². The summed E-state index contributed by atoms with van der Waals surface area (Å²) in [5.74, 6) is 0.778. The first-order valence-electron chi connectivity index (χ1n) is 8.91. The number of carbonyl (C=O) groups is 1. The molecule has 0 spiro atoms. The second kappa shape index (κ2) is 12.2. The monoisotopic (exact) mass is 374 g/mol. The van der Waals surface area contributed by atoms with Gasteiger partial charge in [-0.05, 0) is 24.3 Å². The lowest BCUT2D eigenvalue weighted by atomic mass is 10.3. The minimum Gasteiger partial charge on any atom is -0.384 e. The summed E-state index contributed by atoms with van der Waals surface area (Å²) in [4.78, 5) is 13.3. The van der Waals surface area contributed by atoms with E-state index in [0.717, 1.165) is 44.1 Å². The SMILES string of the molecule is ClCCNc1ccccc1.O=C1CN(CCNc2ccccc2)CCN1. The number of benzene rings is 2. The van der Waals surface area contributed by atoms with Crippen LogP contribution < -0.4 is 16.0 Å². The van der Waals surface area contributed by atoms with E-state index in [1.54, 1.807) is 0 Å². The summed E-state index contributed by atoms with van der Waals surface area (Å²) < 4.78 is 0. The molecule has 2 aromatic rings. The number of rotatable bonds is 7. The number of nitrogens with zero attached hydrogens (tertiary/aromatic N) is 1. The smallest absolute Gasteiger partial charge is 0.234 e. The van der Waals surface area contributed by atoms with Crippen LogP contribution in [0, 0.1) is 0 Å². The van der Waals surface area contributed by atoms with E-state index in [1.807, 2.05) is 60.7 Å². The van der Waals surface area contributed by atoms with Gasteiger partial charge in [-0.1, -0.05) is 36.4 Å². The maximum absolute atomic E-state index is 11.1. The zero-order valence-corrected chi connectivity index (χ0v) is 15.7. The Morgan fingerprint density at radius 3 is 2.04 bits per heavy atom. The van der Waals surface area contributed by atoms with Crippen molar-refractivity contribution in [1.29, 1.82) is 0 Å². The quantitative estimate of drug-likeness (QED) is 0.652. The maximum atomic E-state index is 11.1. The Morgan fingerprint density at radius 2 is 1.50 bits per heavy atom. The highest BCUT2D eigenvalue weighted by molar-refractivity contribution is 6.18. The third-order valence-corrected chi connectivity index (χ3v) is 4.03. The van der Waals surface area contributed by atoms with Crippen molar-refractivity contribution >= 4 is 28.9 Å². The van der Waals surface area contributed by atoms with Gasteiger partial charge in [0.1, 0.15) is 0 Å². The molecule has 1 amide bonds. The largest absolute Gasteiger partial charge is 0.384 e. The average molecular weight is 375 g/mol. The van der Waals surface area contributed by atoms with E-state index in [-0.39, 0.29) is 5.91 Å². The minimum atomic E-state index is 0.131. The lowest BCUT2D eigenvalue weighted by molar-refractivity contribution is -0.124. The van der Waals surface area contributed by atoms with Gasteiger partial charge in [-0.15, -0.1) is 11.6 Å². The third-order valence-electron chi connectivity index (χ3n) is 3.85. The van der Waals surface area contributed by atoms with Crippen molar-refractivity contribution in [3.05, 3.63) is 60.7 Å². The zero-order chi connectivity index (χ0) is 18.5. The predicted molar refractivity (Wildman–Crippen MR) is 110 cm³/mol. The van der Waals surface area contributed by atoms with Crippen LogP contribution in [0.5, 0.6) is 0 Å². The number of amides is 1. The van der Waals surface area contributed by atoms with Crippen molar-refractivity contribution in [2.75, 3.05) is 55.8 Å². The summed E-state index contributed by atoms with van der Waals surface area (Å²) in [6.07, 6.45) is 0. The second-order valence-electron chi connectivity index (χ2n) is 5.90. The van der Waals surface area contributed by atoms with E-state index in [9.17, 15) is 4.79 Å². The summed E-state index contributed by atoms with van der Waals surface area (Å²) in [5, 5.41) is 9.31. The number of piperazine rings is 1. The Balaban J connectivity index is 0.000000209. The lowest BCUT2D eigenvalue weighted by Gasteiger charge is -2.26. The van der Waals surface area contributed by atoms with Crippen molar-refractivity contribution in [2.45, 2.75) is 0 Å². The van der Waals surface area contributed by atoms with Gasteiger partial charge in [0.2, 0.25) is 5.91 Å². The summed E-state index contributed by atoms with van der Waals surface area (Å²) >= 11 is 5.49. The Kier molecular flexibility index (Phi) is 9.40. The highest BCUT2D eigenvalue weighted by Gasteiger charge is 2.14. The topological polar surface area (TPSA) is 56.4 Å². The summed E-state index contributed by atoms with van der Waals surface area (Å²) in [6, 6.07) is 20.1. The number of hydrogen-bond acceptors (Lipinski definition) is 4. The van der Waals surface area contributed by atoms with Crippen LogP contribution in [0.25, 0.3) is 0 Å². The van der Waals surface area contributed by atoms with Crippen LogP contribution in [-0.4, -0.2) is 56.0 Å². The van der Waals surface area contributed by atoms with Crippen molar-refractivity contribution in [3.63, 3.8) is 0 Å². The van der Waals surface area contributed by atoms with Gasteiger partial charge in [-0.25, -0.2) is 0 Å². The molecule has 0 aromatic heterocycles. The fourth-order valence-electron chi connectivity index (χ4n) is 2.54. The molecule has 1 aliphatic heterocycles. The highest BCUT2D eigenvalue weighted by atomic mass is 35.5. The van der Waals surface area contributed by atoms with Crippen LogP contribution in [0.4, 0.5) is 11.4 Å². The molecule has 0 unspecified atom stereocenters. The van der Waals surface area contributed by atoms with Crippen LogP contribution >= 0.6 is 11.6 Å². The van der Waals surface area contributed by atoms with Crippen molar-refractivity contribution in [1.82, 2.24) is 10.2 Å². The van der Waals surface area contributed by atoms with Gasteiger partial charge in [0.25, 0.3) is 0 Å². The van der Waals surface area contributed by atoms with Crippen LogP contribution in [0.2, 0.25) is 0 Å². The molecule has 1 fully saturated rings. The predicted octanol–water partition coefficient (Wildman–Crippen LogP) is 2.87. The fourth-order valence-corrected chi connectivity index (χ4v) is 2.64. The molecule has 5 nitrogen and oxygen atoms in total. The number of halogens is 1. The second-order valence-corrected chi connectivity index (χ2v) is 6.28. The molecular formula is C20H27ClN4O. The van der Waals surface area contributed by atoms with Crippen LogP contribution in [-0.2, 0) is 4.79 Å². The zero-order valence-electron chi connectivity index (χ0n) is 15.0. The molecule has 140 valence electrons. The van der Waals surface area contributed by atoms with E-state index in [4.69, 9.17) is 11.6 Å². The molecular weight excluding hydrogens is 348 g/mol. The van der Waals surface area contributed by atoms with Crippen molar-refractivity contribution in [2.24, 2.45) is 0 Å². The summed E-state index contributed by atoms with van der Waals surface area (Å²) in [7, 11) is 0. The standard InChI is InChI=1S/C12H17N3O.C8H10ClN/c16-12-10-15(9-7-14-12)8-6-13-11-4-2-1-3-5-11;9-6-7-10-8-4-2-1-3-5-8/h1-5,13H,6-10H2,(H,14,16);1-5,10H,6-7H2. The third kappa shape index (κ3) is 8.23. The molecule has 6 heteroatoms. The molecule has 3 N–H and O–H groups in total. The average Bonchev–Trinajstić information content (AvgIpc) is 2.69. The molecule has 0 saturated carbocycles. The van der Waals surface area contributed by atoms with Crippen LogP contribution in [0.1, 0.15) is 0 Å². The van der Waals surface area contributed by atoms with Gasteiger partial charge in [0.05, 0.1) is 6.54 Å². The normalized spacial score (nSPS) is 14.0. The van der Waals surface area contributed by atoms with Gasteiger partial charge in [0, 0.05) is 50.0 Å². The first kappa shape index (κ1) is 20.1. The highest BCUT2D eigenvalue weighted by Crippen LogP contribution is 2.04. The number of hydrogen-bond donors (Lipinski definition) is 3. The molecule has 1 aliphatic rings. The van der Waals surface area contributed by atoms with Gasteiger partial charge >= 0.3 is 0 Å². The number of para-hydroxylation sites is 2. The van der Waals surface area contributed by atoms with E-state index in [2.05, 4.69) is 20.9 Å². The first-order valence-corrected chi connectivity index (χ1v) is 9.44. The van der Waals surface area contributed by atoms with Gasteiger partial charge in [-0.2, -0.15) is 0 Å². The maximum Gasteiger partial charge on any atom is 0.234 e.